The second-order valence-electron chi connectivity index (χ2n) is 1.71. The van der Waals surface area contributed by atoms with Crippen molar-refractivity contribution in [3.8, 4) is 0 Å². The maximum atomic E-state index is 10.9. The van der Waals surface area contributed by atoms with Crippen LogP contribution < -0.4 is 0 Å². The van der Waals surface area contributed by atoms with E-state index in [0.717, 1.165) is 11.6 Å². The van der Waals surface area contributed by atoms with Crippen molar-refractivity contribution in [2.75, 3.05) is 0 Å². The fourth-order valence-corrected chi connectivity index (χ4v) is 0.594. The molecule has 0 heterocycles. The van der Waals surface area contributed by atoms with Crippen molar-refractivity contribution < 1.29 is 4.79 Å². The Labute approximate surface area is 74.9 Å². The van der Waals surface area contributed by atoms with Crippen LogP contribution in [0.25, 0.3) is 0 Å². The monoisotopic (exact) mass is 200 g/mol. The van der Waals surface area contributed by atoms with Gasteiger partial charge in [0.1, 0.15) is 0 Å². The van der Waals surface area contributed by atoms with Crippen molar-refractivity contribution in [2.45, 2.75) is 17.7 Å². The summed E-state index contributed by atoms with van der Waals surface area (Å²) in [5, 5.41) is 0. The highest BCUT2D eigenvalue weighted by Gasteiger charge is 2.28. The van der Waals surface area contributed by atoms with E-state index >= 15 is 0 Å². The summed E-state index contributed by atoms with van der Waals surface area (Å²) in [5.74, 6) is -0.381. The molecule has 0 amide bonds. The number of halogens is 3. The second-order valence-corrected chi connectivity index (χ2v) is 3.45. The van der Waals surface area contributed by atoms with Gasteiger partial charge >= 0.3 is 0 Å². The fraction of sp³-hybridized carbons (Fsp3) is 0.500. The Morgan fingerprint density at radius 3 is 2.40 bits per heavy atom. The number of carbonyl (C=O) groups is 1. The van der Waals surface area contributed by atoms with Crippen LogP contribution in [0, 0.1) is 0 Å². The number of ketones is 1. The van der Waals surface area contributed by atoms with E-state index in [1.807, 2.05) is 0 Å². The molecule has 0 aliphatic heterocycles. The third-order valence-corrected chi connectivity index (χ3v) is 2.05. The SMILES string of the molecule is CCC(Cl)(Cl)C(=O)C=CCl. The third-order valence-electron chi connectivity index (χ3n) is 1.02. The Morgan fingerprint density at radius 1 is 1.60 bits per heavy atom. The van der Waals surface area contributed by atoms with Gasteiger partial charge in [0.15, 0.2) is 10.1 Å². The largest absolute Gasteiger partial charge is 0.291 e. The highest BCUT2D eigenvalue weighted by molar-refractivity contribution is 6.59. The minimum Gasteiger partial charge on any atom is -0.291 e. The predicted molar refractivity (Wildman–Crippen MR) is 44.7 cm³/mol. The molecule has 0 aromatic carbocycles. The first-order chi connectivity index (χ1) is 4.54. The molecule has 10 heavy (non-hydrogen) atoms. The van der Waals surface area contributed by atoms with Gasteiger partial charge in [0.2, 0.25) is 0 Å². The molecule has 0 saturated heterocycles. The molecule has 58 valence electrons. The lowest BCUT2D eigenvalue weighted by molar-refractivity contribution is -0.115. The summed E-state index contributed by atoms with van der Waals surface area (Å²) in [6.45, 7) is 1.72. The van der Waals surface area contributed by atoms with Gasteiger partial charge in [0, 0.05) is 5.54 Å². The van der Waals surface area contributed by atoms with Gasteiger partial charge in [0.25, 0.3) is 0 Å². The van der Waals surface area contributed by atoms with Crippen LogP contribution in [0.5, 0.6) is 0 Å². The molecule has 0 atom stereocenters. The summed E-state index contributed by atoms with van der Waals surface area (Å²) in [5.41, 5.74) is 1.09. The van der Waals surface area contributed by atoms with Gasteiger partial charge in [-0.2, -0.15) is 0 Å². The van der Waals surface area contributed by atoms with Crippen molar-refractivity contribution >= 4 is 40.6 Å². The Kier molecular flexibility index (Phi) is 4.34. The van der Waals surface area contributed by atoms with E-state index in [-0.39, 0.29) is 5.78 Å². The maximum Gasteiger partial charge on any atom is 0.192 e. The van der Waals surface area contributed by atoms with Gasteiger partial charge in [-0.25, -0.2) is 0 Å². The molecule has 1 nitrogen and oxygen atoms in total. The number of hydrogen-bond acceptors (Lipinski definition) is 1. The molecule has 0 unspecified atom stereocenters. The Bertz CT molecular complexity index is 151. The van der Waals surface area contributed by atoms with E-state index in [9.17, 15) is 4.79 Å². The average molecular weight is 201 g/mol. The number of allylic oxidation sites excluding steroid dienone is 1. The van der Waals surface area contributed by atoms with Gasteiger partial charge in [0.05, 0.1) is 0 Å². The Morgan fingerprint density at radius 2 is 2.10 bits per heavy atom. The molecule has 0 fully saturated rings. The van der Waals surface area contributed by atoms with Crippen molar-refractivity contribution in [3.63, 3.8) is 0 Å². The summed E-state index contributed by atoms with van der Waals surface area (Å²) in [6.07, 6.45) is 1.52. The lowest BCUT2D eigenvalue weighted by atomic mass is 10.2. The van der Waals surface area contributed by atoms with Gasteiger partial charge in [-0.1, -0.05) is 41.7 Å². The molecule has 0 aliphatic rings. The first-order valence-corrected chi connectivity index (χ1v) is 3.93. The minimum absolute atomic E-state index is 0.371. The molecule has 0 spiro atoms. The Balaban J connectivity index is 4.18. The molecular formula is C6H7Cl3O. The maximum absolute atomic E-state index is 10.9. The standard InChI is InChI=1S/C6H7Cl3O/c1-2-6(8,9)5(10)3-4-7/h3-4H,2H2,1H3. The first kappa shape index (κ1) is 10.3. The predicted octanol–water partition coefficient (Wildman–Crippen LogP) is 2.89. The van der Waals surface area contributed by atoms with Crippen molar-refractivity contribution in [3.05, 3.63) is 11.6 Å². The van der Waals surface area contributed by atoms with E-state index in [0.29, 0.717) is 6.42 Å². The zero-order valence-electron chi connectivity index (χ0n) is 5.40. The van der Waals surface area contributed by atoms with Crippen molar-refractivity contribution in [1.82, 2.24) is 0 Å². The lowest BCUT2D eigenvalue weighted by Crippen LogP contribution is -2.22. The van der Waals surface area contributed by atoms with E-state index in [1.165, 1.54) is 0 Å². The molecule has 0 radical (unpaired) electrons. The molecule has 4 heteroatoms. The summed E-state index contributed by atoms with van der Waals surface area (Å²) in [4.78, 5) is 10.9. The van der Waals surface area contributed by atoms with Crippen LogP contribution in [0.1, 0.15) is 13.3 Å². The zero-order chi connectivity index (χ0) is 8.20. The quantitative estimate of drug-likeness (QED) is 0.507. The van der Waals surface area contributed by atoms with Gasteiger partial charge in [-0.05, 0) is 12.5 Å². The molecule has 0 rings (SSSR count). The van der Waals surface area contributed by atoms with Crippen LogP contribution >= 0.6 is 34.8 Å². The van der Waals surface area contributed by atoms with Gasteiger partial charge < -0.3 is 0 Å². The highest BCUT2D eigenvalue weighted by Crippen LogP contribution is 2.26. The summed E-state index contributed by atoms with van der Waals surface area (Å²) < 4.78 is -1.31. The van der Waals surface area contributed by atoms with Crippen molar-refractivity contribution in [2.24, 2.45) is 0 Å². The van der Waals surface area contributed by atoms with Gasteiger partial charge in [-0.3, -0.25) is 4.79 Å². The van der Waals surface area contributed by atoms with Crippen LogP contribution in [0.3, 0.4) is 0 Å². The van der Waals surface area contributed by atoms with Crippen LogP contribution in [0.15, 0.2) is 11.6 Å². The van der Waals surface area contributed by atoms with E-state index in [1.54, 1.807) is 6.92 Å². The molecule has 0 aromatic rings. The number of hydrogen-bond donors (Lipinski definition) is 0. The topological polar surface area (TPSA) is 17.1 Å². The molecule has 0 saturated carbocycles. The fourth-order valence-electron chi connectivity index (χ4n) is 0.353. The second kappa shape index (κ2) is 4.22. The van der Waals surface area contributed by atoms with Crippen LogP contribution in [-0.2, 0) is 4.79 Å². The van der Waals surface area contributed by atoms with Gasteiger partial charge in [-0.15, -0.1) is 0 Å². The lowest BCUT2D eigenvalue weighted by Gasteiger charge is -2.11. The number of carbonyl (C=O) groups excluding carboxylic acids is 1. The van der Waals surface area contributed by atoms with E-state index in [2.05, 4.69) is 0 Å². The molecule has 0 N–H and O–H groups in total. The zero-order valence-corrected chi connectivity index (χ0v) is 7.67. The highest BCUT2D eigenvalue weighted by atomic mass is 35.5. The average Bonchev–Trinajstić information content (AvgIpc) is 1.89. The van der Waals surface area contributed by atoms with Crippen molar-refractivity contribution in [1.29, 1.82) is 0 Å². The molecular weight excluding hydrogens is 194 g/mol. The first-order valence-electron chi connectivity index (χ1n) is 2.73. The van der Waals surface area contributed by atoms with Crippen LogP contribution in [0.4, 0.5) is 0 Å². The molecule has 0 aromatic heterocycles. The molecule has 0 aliphatic carbocycles. The normalized spacial score (nSPS) is 12.4. The number of rotatable bonds is 3. The third kappa shape index (κ3) is 2.91. The van der Waals surface area contributed by atoms with Crippen LogP contribution in [-0.4, -0.2) is 10.1 Å². The Hall–Kier alpha value is 0.280. The van der Waals surface area contributed by atoms with E-state index in [4.69, 9.17) is 34.8 Å². The van der Waals surface area contributed by atoms with Crippen LogP contribution in [0.2, 0.25) is 0 Å². The summed E-state index contributed by atoms with van der Waals surface area (Å²) >= 11 is 16.3. The van der Waals surface area contributed by atoms with E-state index < -0.39 is 4.33 Å². The summed E-state index contributed by atoms with van der Waals surface area (Å²) in [6, 6.07) is 0. The smallest absolute Gasteiger partial charge is 0.192 e. The summed E-state index contributed by atoms with van der Waals surface area (Å²) in [7, 11) is 0. The minimum atomic E-state index is -1.31. The molecule has 0 bridgehead atoms. The number of alkyl halides is 2.